The summed E-state index contributed by atoms with van der Waals surface area (Å²) in [6, 6.07) is 35.3. The molecule has 0 saturated carbocycles. The van der Waals surface area contributed by atoms with E-state index in [4.69, 9.17) is 0 Å². The van der Waals surface area contributed by atoms with Gasteiger partial charge in [0.2, 0.25) is 0 Å². The van der Waals surface area contributed by atoms with E-state index < -0.39 is 0 Å². The van der Waals surface area contributed by atoms with Gasteiger partial charge < -0.3 is 0 Å². The van der Waals surface area contributed by atoms with E-state index in [1.54, 1.807) is 0 Å². The van der Waals surface area contributed by atoms with Gasteiger partial charge in [-0.1, -0.05) is 83.9 Å². The van der Waals surface area contributed by atoms with Gasteiger partial charge in [0.1, 0.15) is 0 Å². The Labute approximate surface area is 190 Å². The van der Waals surface area contributed by atoms with Crippen LogP contribution < -0.4 is 0 Å². The molecule has 0 saturated heterocycles. The zero-order valence-electron chi connectivity index (χ0n) is 19.2. The van der Waals surface area contributed by atoms with E-state index in [0.717, 1.165) is 0 Å². The van der Waals surface area contributed by atoms with Crippen molar-refractivity contribution in [3.63, 3.8) is 0 Å². The fraction of sp³-hybridized carbons (Fsp3) is 0.125. The smallest absolute Gasteiger partial charge is 0.0148 e. The first-order valence-corrected chi connectivity index (χ1v) is 11.3. The molecule has 6 rings (SSSR count). The molecule has 0 aliphatic carbocycles. The second-order valence-corrected chi connectivity index (χ2v) is 9.00. The summed E-state index contributed by atoms with van der Waals surface area (Å²) in [4.78, 5) is 0. The van der Waals surface area contributed by atoms with Crippen LogP contribution in [-0.4, -0.2) is 0 Å². The first-order valence-electron chi connectivity index (χ1n) is 11.3. The number of hydrogen-bond donors (Lipinski definition) is 0. The maximum atomic E-state index is 2.29. The van der Waals surface area contributed by atoms with Crippen molar-refractivity contribution in [1.29, 1.82) is 0 Å². The van der Waals surface area contributed by atoms with Gasteiger partial charge in [-0.2, -0.15) is 0 Å². The normalized spacial score (nSPS) is 11.1. The Hall–Kier alpha value is -3.64. The van der Waals surface area contributed by atoms with Crippen molar-refractivity contribution >= 4 is 43.1 Å². The van der Waals surface area contributed by atoms with Crippen molar-refractivity contribution in [1.82, 2.24) is 0 Å². The van der Waals surface area contributed by atoms with Gasteiger partial charge in [-0.25, -0.2) is 0 Å². The SMILES string of the molecule is Cc1cc(C)c2cc3ccccc3cc2c1.Cc1ccc2cc3c(C)cccc3cc2c1. The van der Waals surface area contributed by atoms with Crippen LogP contribution in [0, 0.1) is 27.7 Å². The summed E-state index contributed by atoms with van der Waals surface area (Å²) in [5.41, 5.74) is 5.36. The van der Waals surface area contributed by atoms with Gasteiger partial charge >= 0.3 is 0 Å². The Balaban J connectivity index is 0.000000135. The highest BCUT2D eigenvalue weighted by atomic mass is 14.1. The van der Waals surface area contributed by atoms with E-state index in [1.165, 1.54) is 65.3 Å². The fourth-order valence-electron chi connectivity index (χ4n) is 4.73. The molecule has 0 fully saturated rings. The summed E-state index contributed by atoms with van der Waals surface area (Å²) < 4.78 is 0. The molecule has 32 heavy (non-hydrogen) atoms. The van der Waals surface area contributed by atoms with E-state index in [-0.39, 0.29) is 0 Å². The minimum atomic E-state index is 1.32. The van der Waals surface area contributed by atoms with Gasteiger partial charge in [-0.3, -0.25) is 0 Å². The molecule has 0 heterocycles. The summed E-state index contributed by atoms with van der Waals surface area (Å²) in [6.45, 7) is 8.65. The van der Waals surface area contributed by atoms with Crippen LogP contribution >= 0.6 is 0 Å². The number of aryl methyl sites for hydroxylation is 4. The molecule has 0 radical (unpaired) electrons. The molecule has 0 aliphatic heterocycles. The zero-order valence-corrected chi connectivity index (χ0v) is 19.2. The van der Waals surface area contributed by atoms with Crippen molar-refractivity contribution in [2.45, 2.75) is 27.7 Å². The Bertz CT molecular complexity index is 1600. The summed E-state index contributed by atoms with van der Waals surface area (Å²) in [7, 11) is 0. The van der Waals surface area contributed by atoms with Crippen LogP contribution in [0.1, 0.15) is 22.3 Å². The summed E-state index contributed by atoms with van der Waals surface area (Å²) in [6.07, 6.45) is 0. The Morgan fingerprint density at radius 2 is 0.938 bits per heavy atom. The quantitative estimate of drug-likeness (QED) is 0.218. The van der Waals surface area contributed by atoms with Crippen molar-refractivity contribution in [3.05, 3.63) is 119 Å². The molecule has 0 heteroatoms. The van der Waals surface area contributed by atoms with Crippen LogP contribution in [0.2, 0.25) is 0 Å². The molecule has 0 N–H and O–H groups in total. The van der Waals surface area contributed by atoms with Crippen molar-refractivity contribution in [2.75, 3.05) is 0 Å². The van der Waals surface area contributed by atoms with Gasteiger partial charge in [0.15, 0.2) is 0 Å². The standard InChI is InChI=1S/2C16H14/c1-11-6-7-13-10-16-12(2)4-3-5-14(16)9-15(13)8-11;1-11-7-12(2)16-10-14-6-4-3-5-13(14)9-15(16)8-11/h2*3-10H,1-2H3. The minimum Gasteiger partial charge on any atom is -0.0616 e. The lowest BCUT2D eigenvalue weighted by molar-refractivity contribution is 1.43. The molecular formula is C32H28. The number of benzene rings is 6. The van der Waals surface area contributed by atoms with Gasteiger partial charge in [0, 0.05) is 0 Å². The fourth-order valence-corrected chi connectivity index (χ4v) is 4.73. The molecule has 0 bridgehead atoms. The average Bonchev–Trinajstić information content (AvgIpc) is 2.77. The van der Waals surface area contributed by atoms with Crippen molar-refractivity contribution in [3.8, 4) is 0 Å². The first-order chi connectivity index (χ1) is 15.5. The molecule has 0 nitrogen and oxygen atoms in total. The van der Waals surface area contributed by atoms with Gasteiger partial charge in [0.05, 0.1) is 0 Å². The van der Waals surface area contributed by atoms with E-state index in [0.29, 0.717) is 0 Å². The lowest BCUT2D eigenvalue weighted by Gasteiger charge is -2.06. The molecule has 0 aliphatic rings. The predicted molar refractivity (Wildman–Crippen MR) is 142 cm³/mol. The van der Waals surface area contributed by atoms with Crippen LogP contribution in [0.5, 0.6) is 0 Å². The molecule has 0 aromatic heterocycles. The van der Waals surface area contributed by atoms with Gasteiger partial charge in [-0.15, -0.1) is 0 Å². The summed E-state index contributed by atoms with van der Waals surface area (Å²) >= 11 is 0. The first kappa shape index (κ1) is 20.3. The van der Waals surface area contributed by atoms with Crippen molar-refractivity contribution in [2.24, 2.45) is 0 Å². The summed E-state index contributed by atoms with van der Waals surface area (Å²) in [5.74, 6) is 0. The maximum absolute atomic E-state index is 2.29. The highest BCUT2D eigenvalue weighted by molar-refractivity contribution is 6.00. The van der Waals surface area contributed by atoms with Gasteiger partial charge in [-0.05, 0) is 106 Å². The summed E-state index contributed by atoms with van der Waals surface area (Å²) in [5, 5.41) is 10.7. The zero-order chi connectivity index (χ0) is 22.2. The van der Waals surface area contributed by atoms with E-state index in [1.807, 2.05) is 0 Å². The Kier molecular flexibility index (Phi) is 5.15. The third-order valence-corrected chi connectivity index (χ3v) is 6.38. The molecule has 6 aromatic carbocycles. The van der Waals surface area contributed by atoms with Crippen LogP contribution in [0.25, 0.3) is 43.1 Å². The van der Waals surface area contributed by atoms with E-state index in [2.05, 4.69) is 125 Å². The Morgan fingerprint density at radius 1 is 0.344 bits per heavy atom. The van der Waals surface area contributed by atoms with Crippen LogP contribution in [-0.2, 0) is 0 Å². The van der Waals surface area contributed by atoms with E-state index in [9.17, 15) is 0 Å². The highest BCUT2D eigenvalue weighted by Gasteiger charge is 2.02. The predicted octanol–water partition coefficient (Wildman–Crippen LogP) is 9.22. The third kappa shape index (κ3) is 3.85. The van der Waals surface area contributed by atoms with Gasteiger partial charge in [0.25, 0.3) is 0 Å². The Morgan fingerprint density at radius 3 is 1.72 bits per heavy atom. The third-order valence-electron chi connectivity index (χ3n) is 6.38. The van der Waals surface area contributed by atoms with Crippen LogP contribution in [0.3, 0.4) is 0 Å². The monoisotopic (exact) mass is 412 g/mol. The number of hydrogen-bond acceptors (Lipinski definition) is 0. The van der Waals surface area contributed by atoms with Crippen molar-refractivity contribution < 1.29 is 0 Å². The molecule has 0 spiro atoms. The lowest BCUT2D eigenvalue weighted by atomic mass is 9.98. The number of fused-ring (bicyclic) bond motifs is 4. The maximum Gasteiger partial charge on any atom is -0.0148 e. The van der Waals surface area contributed by atoms with E-state index >= 15 is 0 Å². The minimum absolute atomic E-state index is 1.32. The molecule has 156 valence electrons. The molecular weight excluding hydrogens is 384 g/mol. The lowest BCUT2D eigenvalue weighted by Crippen LogP contribution is -1.82. The second-order valence-electron chi connectivity index (χ2n) is 9.00. The second kappa shape index (κ2) is 8.13. The molecule has 0 unspecified atom stereocenters. The average molecular weight is 413 g/mol. The van der Waals surface area contributed by atoms with Crippen LogP contribution in [0.4, 0.5) is 0 Å². The topological polar surface area (TPSA) is 0 Å². The molecule has 6 aromatic rings. The van der Waals surface area contributed by atoms with Crippen LogP contribution in [0.15, 0.2) is 97.1 Å². The largest absolute Gasteiger partial charge is 0.0616 e. The molecule has 0 atom stereocenters. The number of rotatable bonds is 0. The molecule has 0 amide bonds. The highest BCUT2D eigenvalue weighted by Crippen LogP contribution is 2.27.